The largest absolute Gasteiger partial charge is 0.127 e. The second-order valence-electron chi connectivity index (χ2n) is 6.92. The van der Waals surface area contributed by atoms with Crippen LogP contribution in [0.2, 0.25) is 0 Å². The number of hydrogen-bond acceptors (Lipinski definition) is 0. The van der Waals surface area contributed by atoms with Gasteiger partial charge in [0, 0.05) is 15.8 Å². The molecular weight excluding hydrogens is 453 g/mol. The molecule has 0 fully saturated rings. The average Bonchev–Trinajstić information content (AvgIpc) is 2.90. The summed E-state index contributed by atoms with van der Waals surface area (Å²) in [6, 6.07) is 41.7. The third kappa shape index (κ3) is 6.44. The molecule has 33 heavy (non-hydrogen) atoms. The van der Waals surface area contributed by atoms with E-state index >= 15 is 0 Å². The van der Waals surface area contributed by atoms with E-state index in [1.165, 1.54) is 21.2 Å². The number of hydrogen-bond donors (Lipinski definition) is 0. The number of terminal acetylenes is 1. The van der Waals surface area contributed by atoms with Gasteiger partial charge < -0.3 is 0 Å². The lowest BCUT2D eigenvalue weighted by molar-refractivity contribution is 1.76. The summed E-state index contributed by atoms with van der Waals surface area (Å²) in [4.78, 5) is 0. The summed E-state index contributed by atoms with van der Waals surface area (Å²) in [5.41, 5.74) is 16.6. The Morgan fingerprint density at radius 2 is 0.667 bits per heavy atom. The Balaban J connectivity index is 1.67. The van der Waals surface area contributed by atoms with E-state index in [4.69, 9.17) is 6.42 Å². The molecule has 0 saturated heterocycles. The van der Waals surface area contributed by atoms with Crippen molar-refractivity contribution in [3.8, 4) is 34.7 Å². The first-order chi connectivity index (χ1) is 16.3. The van der Waals surface area contributed by atoms with Gasteiger partial charge in [0.25, 0.3) is 0 Å². The topological polar surface area (TPSA) is 0 Å². The van der Waals surface area contributed by atoms with Gasteiger partial charge in [-0.05, 0) is 32.5 Å². The summed E-state index contributed by atoms with van der Waals surface area (Å²) in [6.45, 7) is 0. The normalized spacial score (nSPS) is 10.1. The molecule has 0 spiro atoms. The maximum absolute atomic E-state index is 5.89. The highest BCUT2D eigenvalue weighted by Crippen LogP contribution is 2.39. The second kappa shape index (κ2) is 12.2. The van der Waals surface area contributed by atoms with E-state index < -0.39 is 23.8 Å². The van der Waals surface area contributed by atoms with Crippen molar-refractivity contribution in [1.82, 2.24) is 0 Å². The van der Waals surface area contributed by atoms with Crippen molar-refractivity contribution in [2.45, 2.75) is 0 Å². The highest BCUT2D eigenvalue weighted by atomic mass is 31.1. The molecule has 0 bridgehead atoms. The third-order valence-corrected chi connectivity index (χ3v) is 9.94. The summed E-state index contributed by atoms with van der Waals surface area (Å²) >= 11 is 0. The van der Waals surface area contributed by atoms with Crippen molar-refractivity contribution >= 4 is 45.0 Å². The van der Waals surface area contributed by atoms with E-state index in [1.807, 2.05) is 24.3 Å². The summed E-state index contributed by atoms with van der Waals surface area (Å²) in [6.07, 6.45) is 5.89. The van der Waals surface area contributed by atoms with Gasteiger partial charge in [-0.1, -0.05) is 138 Å². The van der Waals surface area contributed by atoms with Crippen LogP contribution < -0.4 is 21.2 Å². The van der Waals surface area contributed by atoms with Gasteiger partial charge in [-0.15, -0.1) is 6.42 Å². The fourth-order valence-corrected chi connectivity index (χ4v) is 7.94. The molecular formula is C30H21P3. The Hall–Kier alpha value is -3.15. The monoisotopic (exact) mass is 474 g/mol. The predicted molar refractivity (Wildman–Crippen MR) is 149 cm³/mol. The third-order valence-electron chi connectivity index (χ3n) is 4.73. The fourth-order valence-electron chi connectivity index (χ4n) is 3.16. The first-order valence-corrected chi connectivity index (χ1v) is 14.5. The second-order valence-corrected chi connectivity index (χ2v) is 12.2. The van der Waals surface area contributed by atoms with Crippen LogP contribution in [0.5, 0.6) is 0 Å². The molecule has 4 aromatic carbocycles. The van der Waals surface area contributed by atoms with Gasteiger partial charge in [-0.25, -0.2) is 0 Å². The van der Waals surface area contributed by atoms with Crippen LogP contribution in [0.1, 0.15) is 0 Å². The lowest BCUT2D eigenvalue weighted by Gasteiger charge is -2.12. The summed E-state index contributed by atoms with van der Waals surface area (Å²) in [5, 5.41) is 4.90. The van der Waals surface area contributed by atoms with Crippen LogP contribution in [0.4, 0.5) is 0 Å². The van der Waals surface area contributed by atoms with Crippen LogP contribution in [0.15, 0.2) is 121 Å². The number of benzene rings is 4. The van der Waals surface area contributed by atoms with Crippen molar-refractivity contribution in [3.63, 3.8) is 0 Å². The average molecular weight is 474 g/mol. The zero-order valence-electron chi connectivity index (χ0n) is 18.0. The minimum absolute atomic E-state index is 0.806. The molecule has 0 aliphatic rings. The van der Waals surface area contributed by atoms with E-state index in [1.54, 1.807) is 0 Å². The standard InChI is InChI=1S/C30H21P3/c1-2-31(23-25-32(27-15-7-3-8-16-27)28-17-9-4-10-18-28)24-26-33(29-19-11-5-12-20-29)30-21-13-6-14-22-30/h1,3-22H. The molecule has 0 N–H and O–H groups in total. The molecule has 0 unspecified atom stereocenters. The van der Waals surface area contributed by atoms with Crippen LogP contribution in [0.25, 0.3) is 0 Å². The van der Waals surface area contributed by atoms with Crippen molar-refractivity contribution in [3.05, 3.63) is 121 Å². The maximum atomic E-state index is 5.89. The first kappa shape index (κ1) is 23.0. The summed E-state index contributed by atoms with van der Waals surface area (Å²) in [7, 11) is -2.76. The summed E-state index contributed by atoms with van der Waals surface area (Å²) < 4.78 is 0. The van der Waals surface area contributed by atoms with E-state index in [0.717, 1.165) is 0 Å². The van der Waals surface area contributed by atoms with Crippen LogP contribution in [0, 0.1) is 34.7 Å². The smallest absolute Gasteiger partial charge is 0.113 e. The Morgan fingerprint density at radius 1 is 0.394 bits per heavy atom. The Kier molecular flexibility index (Phi) is 8.50. The van der Waals surface area contributed by atoms with Gasteiger partial charge in [0.05, 0.1) is 0 Å². The fraction of sp³-hybridized carbons (Fsp3) is 0. The van der Waals surface area contributed by atoms with E-state index in [-0.39, 0.29) is 0 Å². The molecule has 0 aliphatic heterocycles. The highest BCUT2D eigenvalue weighted by Gasteiger charge is 2.12. The first-order valence-electron chi connectivity index (χ1n) is 10.4. The molecule has 0 aromatic heterocycles. The molecule has 4 aromatic rings. The molecule has 3 heteroatoms. The molecule has 0 nitrogen and oxygen atoms in total. The van der Waals surface area contributed by atoms with Gasteiger partial charge in [-0.3, -0.25) is 0 Å². The molecule has 0 amide bonds. The molecule has 0 radical (unpaired) electrons. The lowest BCUT2D eigenvalue weighted by Crippen LogP contribution is -2.09. The van der Waals surface area contributed by atoms with Gasteiger partial charge in [0.1, 0.15) is 7.92 Å². The zero-order chi connectivity index (χ0) is 22.7. The zero-order valence-corrected chi connectivity index (χ0v) is 20.6. The predicted octanol–water partition coefficient (Wildman–Crippen LogP) is 6.16. The SMILES string of the molecule is C#CP(C#CP(c1ccccc1)c1ccccc1)C#CP(c1ccccc1)c1ccccc1. The summed E-state index contributed by atoms with van der Waals surface area (Å²) in [5.74, 6) is 0. The van der Waals surface area contributed by atoms with Crippen molar-refractivity contribution in [2.24, 2.45) is 0 Å². The van der Waals surface area contributed by atoms with Crippen LogP contribution in [-0.2, 0) is 0 Å². The molecule has 4 rings (SSSR count). The van der Waals surface area contributed by atoms with E-state index in [0.29, 0.717) is 0 Å². The highest BCUT2D eigenvalue weighted by molar-refractivity contribution is 7.80. The van der Waals surface area contributed by atoms with Gasteiger partial charge >= 0.3 is 0 Å². The maximum Gasteiger partial charge on any atom is 0.127 e. The van der Waals surface area contributed by atoms with Crippen molar-refractivity contribution in [2.75, 3.05) is 0 Å². The molecule has 0 saturated carbocycles. The molecule has 0 aliphatic carbocycles. The lowest BCUT2D eigenvalue weighted by atomic mass is 10.4. The molecule has 156 valence electrons. The molecule has 0 heterocycles. The van der Waals surface area contributed by atoms with Gasteiger partial charge in [-0.2, -0.15) is 0 Å². The Labute approximate surface area is 200 Å². The van der Waals surface area contributed by atoms with Gasteiger partial charge in [0.2, 0.25) is 0 Å². The van der Waals surface area contributed by atoms with Crippen molar-refractivity contribution < 1.29 is 0 Å². The van der Waals surface area contributed by atoms with Gasteiger partial charge in [0.15, 0.2) is 0 Å². The minimum atomic E-state index is -1.15. The Morgan fingerprint density at radius 3 is 0.909 bits per heavy atom. The van der Waals surface area contributed by atoms with E-state index in [9.17, 15) is 0 Å². The van der Waals surface area contributed by atoms with E-state index in [2.05, 4.69) is 125 Å². The van der Waals surface area contributed by atoms with Crippen LogP contribution >= 0.6 is 23.8 Å². The number of rotatable bonds is 4. The Bertz CT molecular complexity index is 1140. The van der Waals surface area contributed by atoms with Crippen LogP contribution in [0.3, 0.4) is 0 Å². The minimum Gasteiger partial charge on any atom is -0.113 e. The quantitative estimate of drug-likeness (QED) is 0.246. The van der Waals surface area contributed by atoms with Crippen molar-refractivity contribution in [1.29, 1.82) is 0 Å². The molecule has 0 atom stereocenters. The van der Waals surface area contributed by atoms with Crippen LogP contribution in [-0.4, -0.2) is 0 Å².